The summed E-state index contributed by atoms with van der Waals surface area (Å²) in [5.74, 6) is 2.22. The molecular weight excluding hydrogens is 464 g/mol. The molecule has 3 fully saturated rings. The first kappa shape index (κ1) is 25.0. The molecule has 4 N–H and O–H groups in total. The molecule has 0 spiro atoms. The van der Waals surface area contributed by atoms with E-state index < -0.39 is 0 Å². The van der Waals surface area contributed by atoms with E-state index in [9.17, 15) is 4.79 Å². The Bertz CT molecular complexity index is 1220. The summed E-state index contributed by atoms with van der Waals surface area (Å²) in [6, 6.07) is 18.0. The molecule has 0 aliphatic heterocycles. The van der Waals surface area contributed by atoms with Gasteiger partial charge in [0.25, 0.3) is 5.91 Å². The van der Waals surface area contributed by atoms with Crippen LogP contribution in [0.3, 0.4) is 0 Å². The monoisotopic (exact) mass is 500 g/mol. The summed E-state index contributed by atoms with van der Waals surface area (Å²) < 4.78 is 0. The van der Waals surface area contributed by atoms with Gasteiger partial charge in [-0.1, -0.05) is 30.3 Å². The molecule has 37 heavy (non-hydrogen) atoms. The van der Waals surface area contributed by atoms with Crippen LogP contribution < -0.4 is 26.2 Å². The van der Waals surface area contributed by atoms with Crippen LogP contribution in [0.2, 0.25) is 0 Å². The van der Waals surface area contributed by atoms with Gasteiger partial charge in [-0.3, -0.25) is 4.79 Å². The van der Waals surface area contributed by atoms with Crippen molar-refractivity contribution in [2.75, 3.05) is 41.5 Å². The largest absolute Gasteiger partial charge is 0.368 e. The lowest BCUT2D eigenvalue weighted by Gasteiger charge is -2.71. The number of rotatable bonds is 11. The van der Waals surface area contributed by atoms with Crippen LogP contribution in [0, 0.1) is 5.41 Å². The van der Waals surface area contributed by atoms with Crippen LogP contribution in [0.5, 0.6) is 0 Å². The fourth-order valence-electron chi connectivity index (χ4n) is 5.57. The average molecular weight is 501 g/mol. The van der Waals surface area contributed by atoms with Gasteiger partial charge in [-0.15, -0.1) is 10.2 Å². The minimum atomic E-state index is -0.260. The van der Waals surface area contributed by atoms with E-state index in [1.807, 2.05) is 43.3 Å². The molecule has 0 saturated heterocycles. The maximum Gasteiger partial charge on any atom is 0.260 e. The fourth-order valence-corrected chi connectivity index (χ4v) is 5.57. The van der Waals surface area contributed by atoms with E-state index in [0.717, 1.165) is 44.0 Å². The van der Waals surface area contributed by atoms with Gasteiger partial charge in [0.15, 0.2) is 11.6 Å². The zero-order chi connectivity index (χ0) is 26.0. The second kappa shape index (κ2) is 9.97. The van der Waals surface area contributed by atoms with E-state index in [-0.39, 0.29) is 17.5 Å². The average Bonchev–Trinajstić information content (AvgIpc) is 2.82. The molecule has 1 amide bonds. The number of hydrogen-bond donors (Lipinski definition) is 4. The van der Waals surface area contributed by atoms with Crippen LogP contribution in [0.4, 0.5) is 23.3 Å². The molecule has 1 aromatic carbocycles. The smallest absolute Gasteiger partial charge is 0.260 e. The maximum atomic E-state index is 13.2. The standard InChI is InChI=1S/C28H36N8O/c1-19(2)30-22-11-10-21(26(37)32-23-12-13-24(35-34-23)36(3)4)25(31-22)33-28-15-27(16-28,17-28)18-29-14-20-8-6-5-7-9-20/h5-13,19,29H,14-18H2,1-4H3,(H2,30,31,33)(H,32,34,37). The van der Waals surface area contributed by atoms with Crippen molar-refractivity contribution in [3.05, 3.63) is 65.7 Å². The molecule has 0 unspecified atom stereocenters. The molecule has 0 atom stereocenters. The Morgan fingerprint density at radius 3 is 2.35 bits per heavy atom. The number of pyridine rings is 1. The number of benzene rings is 1. The summed E-state index contributed by atoms with van der Waals surface area (Å²) in [6.45, 7) is 6.02. The first-order valence-electron chi connectivity index (χ1n) is 12.9. The summed E-state index contributed by atoms with van der Waals surface area (Å²) in [5.41, 5.74) is 2.13. The third-order valence-electron chi connectivity index (χ3n) is 7.12. The number of nitrogens with one attached hydrogen (secondary N) is 4. The summed E-state index contributed by atoms with van der Waals surface area (Å²) in [7, 11) is 3.79. The zero-order valence-electron chi connectivity index (χ0n) is 22.0. The highest BCUT2D eigenvalue weighted by Crippen LogP contribution is 2.68. The minimum absolute atomic E-state index is 0.0000749. The second-order valence-corrected chi connectivity index (χ2v) is 11.0. The van der Waals surface area contributed by atoms with Crippen LogP contribution in [0.1, 0.15) is 49.0 Å². The second-order valence-electron chi connectivity index (χ2n) is 11.0. The molecule has 0 radical (unpaired) electrons. The lowest BCUT2D eigenvalue weighted by atomic mass is 9.39. The normalized spacial score (nSPS) is 21.5. The summed E-state index contributed by atoms with van der Waals surface area (Å²) in [5, 5.41) is 21.8. The molecule has 3 aliphatic carbocycles. The summed E-state index contributed by atoms with van der Waals surface area (Å²) >= 11 is 0. The van der Waals surface area contributed by atoms with Crippen molar-refractivity contribution in [2.24, 2.45) is 5.41 Å². The third kappa shape index (κ3) is 5.51. The van der Waals surface area contributed by atoms with E-state index in [0.29, 0.717) is 22.6 Å². The highest BCUT2D eigenvalue weighted by atomic mass is 16.1. The number of carbonyl (C=O) groups is 1. The SMILES string of the molecule is CC(C)Nc1ccc(C(=O)Nc2ccc(N(C)C)nn2)c(NC23CC(CNCc4ccccc4)(C2)C3)n1. The molecule has 2 heterocycles. The highest BCUT2D eigenvalue weighted by molar-refractivity contribution is 6.07. The predicted octanol–water partition coefficient (Wildman–Crippen LogP) is 4.13. The quantitative estimate of drug-likeness (QED) is 0.311. The molecule has 9 heteroatoms. The number of anilines is 4. The van der Waals surface area contributed by atoms with Gasteiger partial charge in [-0.2, -0.15) is 0 Å². The van der Waals surface area contributed by atoms with E-state index in [4.69, 9.17) is 4.98 Å². The number of aromatic nitrogens is 3. The van der Waals surface area contributed by atoms with Crippen LogP contribution in [-0.2, 0) is 6.54 Å². The van der Waals surface area contributed by atoms with Crippen molar-refractivity contribution in [1.82, 2.24) is 20.5 Å². The molecule has 6 rings (SSSR count). The van der Waals surface area contributed by atoms with Gasteiger partial charge >= 0.3 is 0 Å². The number of amides is 1. The van der Waals surface area contributed by atoms with Crippen molar-refractivity contribution in [2.45, 2.75) is 51.2 Å². The van der Waals surface area contributed by atoms with Gasteiger partial charge in [-0.25, -0.2) is 4.98 Å². The highest BCUT2D eigenvalue weighted by Gasteiger charge is 2.67. The van der Waals surface area contributed by atoms with Crippen molar-refractivity contribution in [3.63, 3.8) is 0 Å². The van der Waals surface area contributed by atoms with E-state index in [2.05, 4.69) is 69.6 Å². The Hall–Kier alpha value is -3.72. The Kier molecular flexibility index (Phi) is 6.72. The van der Waals surface area contributed by atoms with Gasteiger partial charge < -0.3 is 26.2 Å². The molecule has 194 valence electrons. The Balaban J connectivity index is 1.24. The van der Waals surface area contributed by atoms with Crippen LogP contribution in [0.15, 0.2) is 54.6 Å². The van der Waals surface area contributed by atoms with Crippen LogP contribution >= 0.6 is 0 Å². The molecule has 2 aromatic heterocycles. The van der Waals surface area contributed by atoms with E-state index >= 15 is 0 Å². The maximum absolute atomic E-state index is 13.2. The van der Waals surface area contributed by atoms with Crippen LogP contribution in [0.25, 0.3) is 0 Å². The van der Waals surface area contributed by atoms with Crippen LogP contribution in [-0.4, -0.2) is 53.3 Å². The summed E-state index contributed by atoms with van der Waals surface area (Å²) in [6.07, 6.45) is 3.22. The predicted molar refractivity (Wildman–Crippen MR) is 148 cm³/mol. The van der Waals surface area contributed by atoms with Gasteiger partial charge in [0, 0.05) is 38.8 Å². The Labute approximate surface area is 218 Å². The Morgan fingerprint density at radius 2 is 1.70 bits per heavy atom. The molecule has 3 aromatic rings. The first-order valence-corrected chi connectivity index (χ1v) is 12.9. The van der Waals surface area contributed by atoms with Crippen molar-refractivity contribution in [1.29, 1.82) is 0 Å². The van der Waals surface area contributed by atoms with E-state index in [1.165, 1.54) is 5.56 Å². The Morgan fingerprint density at radius 1 is 0.973 bits per heavy atom. The molecule has 3 saturated carbocycles. The molecule has 2 bridgehead atoms. The van der Waals surface area contributed by atoms with Gasteiger partial charge in [0.05, 0.1) is 5.56 Å². The van der Waals surface area contributed by atoms with Gasteiger partial charge in [0.2, 0.25) is 0 Å². The third-order valence-corrected chi connectivity index (χ3v) is 7.12. The molecular formula is C28H36N8O. The lowest BCUT2D eigenvalue weighted by Crippen LogP contribution is -2.73. The molecule has 9 nitrogen and oxygen atoms in total. The van der Waals surface area contributed by atoms with Gasteiger partial charge in [0.1, 0.15) is 11.6 Å². The van der Waals surface area contributed by atoms with Gasteiger partial charge in [-0.05, 0) is 68.4 Å². The summed E-state index contributed by atoms with van der Waals surface area (Å²) in [4.78, 5) is 19.9. The molecule has 3 aliphatic rings. The van der Waals surface area contributed by atoms with E-state index in [1.54, 1.807) is 6.07 Å². The number of hydrogen-bond acceptors (Lipinski definition) is 8. The zero-order valence-corrected chi connectivity index (χ0v) is 22.0. The fraction of sp³-hybridized carbons (Fsp3) is 0.429. The lowest BCUT2D eigenvalue weighted by molar-refractivity contribution is -0.114. The number of nitrogens with zero attached hydrogens (tertiary/aromatic N) is 4. The van der Waals surface area contributed by atoms with Crippen molar-refractivity contribution >= 4 is 29.2 Å². The van der Waals surface area contributed by atoms with Crippen molar-refractivity contribution in [3.8, 4) is 0 Å². The van der Waals surface area contributed by atoms with Crippen molar-refractivity contribution < 1.29 is 4.79 Å². The first-order chi connectivity index (χ1) is 17.7. The minimum Gasteiger partial charge on any atom is -0.368 e. The topological polar surface area (TPSA) is 107 Å². The number of carbonyl (C=O) groups excluding carboxylic acids is 1.